The predicted molar refractivity (Wildman–Crippen MR) is 111 cm³/mol. The number of pyridine rings is 1. The van der Waals surface area contributed by atoms with Gasteiger partial charge in [-0.3, -0.25) is 4.79 Å². The maximum atomic E-state index is 13.1. The monoisotopic (exact) mass is 393 g/mol. The fraction of sp³-hybridized carbons (Fsp3) is 0.318. The van der Waals surface area contributed by atoms with E-state index in [0.717, 1.165) is 23.8 Å². The van der Waals surface area contributed by atoms with Crippen LogP contribution in [0.5, 0.6) is 0 Å². The zero-order valence-electron chi connectivity index (χ0n) is 16.7. The van der Waals surface area contributed by atoms with Crippen molar-refractivity contribution in [2.24, 2.45) is 5.92 Å². The maximum absolute atomic E-state index is 13.1. The predicted octanol–water partition coefficient (Wildman–Crippen LogP) is 4.48. The molecule has 0 spiro atoms. The van der Waals surface area contributed by atoms with Gasteiger partial charge in [-0.1, -0.05) is 6.08 Å². The fourth-order valence-electron chi connectivity index (χ4n) is 2.83. The van der Waals surface area contributed by atoms with Crippen molar-refractivity contribution < 1.29 is 9.18 Å². The summed E-state index contributed by atoms with van der Waals surface area (Å²) in [5.74, 6) is 0.679. The third-order valence-electron chi connectivity index (χ3n) is 4.38. The largest absolute Gasteiger partial charge is 0.299 e. The summed E-state index contributed by atoms with van der Waals surface area (Å²) in [5.41, 5.74) is 2.05. The first-order chi connectivity index (χ1) is 14.0. The number of allylic oxidation sites excluding steroid dienone is 3. The van der Waals surface area contributed by atoms with Crippen LogP contribution in [0.1, 0.15) is 32.3 Å². The smallest absolute Gasteiger partial charge is 0.180 e. The van der Waals surface area contributed by atoms with Crippen LogP contribution in [-0.2, 0) is 17.8 Å². The highest BCUT2D eigenvalue weighted by Gasteiger charge is 2.29. The Kier molecular flexibility index (Phi) is 6.59. The van der Waals surface area contributed by atoms with Gasteiger partial charge in [0.25, 0.3) is 0 Å². The Morgan fingerprint density at radius 1 is 1.31 bits per heavy atom. The molecule has 1 fully saturated rings. The number of hydrogen-bond acceptors (Lipinski definition) is 5. The van der Waals surface area contributed by atoms with E-state index in [1.807, 2.05) is 19.1 Å². The molecule has 0 aromatic carbocycles. The molecule has 29 heavy (non-hydrogen) atoms. The number of hydrogen-bond donors (Lipinski definition) is 0. The third kappa shape index (κ3) is 5.19. The number of nitrogens with zero attached hydrogens (tertiary/aromatic N) is 5. The zero-order valence-corrected chi connectivity index (χ0v) is 16.7. The fourth-order valence-corrected chi connectivity index (χ4v) is 2.83. The van der Waals surface area contributed by atoms with Gasteiger partial charge in [0.05, 0.1) is 17.8 Å². The summed E-state index contributed by atoms with van der Waals surface area (Å²) in [7, 11) is 0. The van der Waals surface area contributed by atoms with Crippen LogP contribution in [0.2, 0.25) is 0 Å². The van der Waals surface area contributed by atoms with Crippen LogP contribution in [0.25, 0.3) is 22.6 Å². The lowest BCUT2D eigenvalue weighted by molar-refractivity contribution is -0.119. The topological polar surface area (TPSA) is 73.6 Å². The molecule has 150 valence electrons. The van der Waals surface area contributed by atoms with Gasteiger partial charge >= 0.3 is 0 Å². The van der Waals surface area contributed by atoms with Crippen molar-refractivity contribution in [2.45, 2.75) is 39.7 Å². The highest BCUT2D eigenvalue weighted by Crippen LogP contribution is 2.31. The van der Waals surface area contributed by atoms with Crippen molar-refractivity contribution >= 4 is 16.8 Å². The molecule has 1 saturated carbocycles. The van der Waals surface area contributed by atoms with Gasteiger partial charge in [-0.15, -0.1) is 6.58 Å². The van der Waals surface area contributed by atoms with Crippen molar-refractivity contribution in [3.63, 3.8) is 0 Å². The molecule has 1 aliphatic rings. The number of halogens is 1. The molecule has 3 aromatic rings. The van der Waals surface area contributed by atoms with Crippen molar-refractivity contribution in [1.82, 2.24) is 24.7 Å². The van der Waals surface area contributed by atoms with Crippen LogP contribution in [0.4, 0.5) is 4.39 Å². The van der Waals surface area contributed by atoms with Crippen molar-refractivity contribution in [1.29, 1.82) is 0 Å². The van der Waals surface area contributed by atoms with E-state index in [4.69, 9.17) is 0 Å². The van der Waals surface area contributed by atoms with Crippen LogP contribution < -0.4 is 0 Å². The van der Waals surface area contributed by atoms with E-state index in [9.17, 15) is 9.18 Å². The van der Waals surface area contributed by atoms with E-state index >= 15 is 0 Å². The van der Waals surface area contributed by atoms with Crippen LogP contribution in [0, 0.1) is 5.92 Å². The molecule has 3 heterocycles. The molecule has 0 saturated heterocycles. The molecule has 0 unspecified atom stereocenters. The number of fused-ring (bicyclic) bond motifs is 1. The number of rotatable bonds is 6. The molecule has 6 nitrogen and oxygen atoms in total. The molecule has 3 aromatic heterocycles. The Labute approximate surface area is 169 Å². The summed E-state index contributed by atoms with van der Waals surface area (Å²) in [4.78, 5) is 25.0. The molecule has 1 aliphatic carbocycles. The molecule has 0 atom stereocenters. The minimum Gasteiger partial charge on any atom is -0.299 e. The van der Waals surface area contributed by atoms with Gasteiger partial charge in [0.15, 0.2) is 11.5 Å². The van der Waals surface area contributed by atoms with E-state index in [1.54, 1.807) is 29.3 Å². The second-order valence-corrected chi connectivity index (χ2v) is 6.94. The zero-order chi connectivity index (χ0) is 20.8. The van der Waals surface area contributed by atoms with Crippen molar-refractivity contribution in [3.8, 4) is 11.5 Å². The van der Waals surface area contributed by atoms with E-state index in [1.165, 1.54) is 13.0 Å². The Morgan fingerprint density at radius 3 is 2.62 bits per heavy atom. The third-order valence-corrected chi connectivity index (χ3v) is 4.38. The summed E-state index contributed by atoms with van der Waals surface area (Å²) >= 11 is 0. The number of Topliss-reactive ketones (excluding diaryl/α,β-unsaturated/α-hetero) is 1. The first kappa shape index (κ1) is 20.5. The minimum atomic E-state index is -0.271. The number of ketones is 1. The van der Waals surface area contributed by atoms with Gasteiger partial charge in [-0.25, -0.2) is 24.0 Å². The summed E-state index contributed by atoms with van der Waals surface area (Å²) < 4.78 is 14.7. The van der Waals surface area contributed by atoms with Gasteiger partial charge < -0.3 is 0 Å². The quantitative estimate of drug-likeness (QED) is 0.578. The van der Waals surface area contributed by atoms with Crippen LogP contribution in [-0.4, -0.2) is 30.5 Å². The summed E-state index contributed by atoms with van der Waals surface area (Å²) in [5, 5.41) is 5.32. The average molecular weight is 393 g/mol. The SMILES string of the molecule is C/C(F)=C/Cn1nc(-c2ncc(CC(=O)C3CC3)cn2)c2cccnc21.C=CC. The van der Waals surface area contributed by atoms with E-state index in [0.29, 0.717) is 23.6 Å². The molecule has 0 amide bonds. The average Bonchev–Trinajstić information content (AvgIpc) is 3.50. The molecule has 0 bridgehead atoms. The van der Waals surface area contributed by atoms with Gasteiger partial charge in [0.1, 0.15) is 11.5 Å². The van der Waals surface area contributed by atoms with Gasteiger partial charge in [-0.05, 0) is 50.5 Å². The highest BCUT2D eigenvalue weighted by atomic mass is 19.1. The van der Waals surface area contributed by atoms with Gasteiger partial charge in [-0.2, -0.15) is 5.10 Å². The van der Waals surface area contributed by atoms with Crippen LogP contribution in [0.15, 0.2) is 55.3 Å². The first-order valence-corrected chi connectivity index (χ1v) is 9.58. The normalized spacial score (nSPS) is 13.7. The number of carbonyl (C=O) groups is 1. The Balaban J connectivity index is 0.000000755. The standard InChI is InChI=1S/C19H18FN5O.C3H6/c1-12(20)6-8-25-19-15(3-2-7-21-19)17(24-25)18-22-10-13(11-23-18)9-16(26)14-4-5-14;1-3-2/h2-3,6-7,10-11,14H,4-5,8-9H2,1H3;3H,1H2,2H3/b12-6-;. The van der Waals surface area contributed by atoms with E-state index in [2.05, 4.69) is 26.6 Å². The summed E-state index contributed by atoms with van der Waals surface area (Å²) in [6.07, 6.45) is 10.6. The maximum Gasteiger partial charge on any atom is 0.180 e. The molecule has 4 rings (SSSR count). The van der Waals surface area contributed by atoms with Gasteiger partial charge in [0, 0.05) is 30.9 Å². The summed E-state index contributed by atoms with van der Waals surface area (Å²) in [6, 6.07) is 3.71. The summed E-state index contributed by atoms with van der Waals surface area (Å²) in [6.45, 7) is 6.93. The Morgan fingerprint density at radius 2 is 2.00 bits per heavy atom. The molecule has 0 radical (unpaired) electrons. The van der Waals surface area contributed by atoms with Gasteiger partial charge in [0.2, 0.25) is 0 Å². The molecule has 7 heteroatoms. The number of carbonyl (C=O) groups excluding carboxylic acids is 1. The molecular weight excluding hydrogens is 369 g/mol. The van der Waals surface area contributed by atoms with Crippen molar-refractivity contribution in [2.75, 3.05) is 0 Å². The lowest BCUT2D eigenvalue weighted by atomic mass is 10.1. The van der Waals surface area contributed by atoms with Crippen molar-refractivity contribution in [3.05, 3.63) is 60.8 Å². The second-order valence-electron chi connectivity index (χ2n) is 6.94. The van der Waals surface area contributed by atoms with Crippen LogP contribution in [0.3, 0.4) is 0 Å². The Hall–Kier alpha value is -3.22. The lowest BCUT2D eigenvalue weighted by Crippen LogP contribution is -2.05. The molecular formula is C22H24FN5O. The van der Waals surface area contributed by atoms with Crippen LogP contribution >= 0.6 is 0 Å². The van der Waals surface area contributed by atoms with E-state index < -0.39 is 0 Å². The molecule has 0 N–H and O–H groups in total. The molecule has 0 aliphatic heterocycles. The number of aromatic nitrogens is 5. The Bertz CT molecular complexity index is 1030. The lowest BCUT2D eigenvalue weighted by Gasteiger charge is -2.01. The second kappa shape index (κ2) is 9.32. The first-order valence-electron chi connectivity index (χ1n) is 9.58. The van der Waals surface area contributed by atoms with E-state index in [-0.39, 0.29) is 24.1 Å². The minimum absolute atomic E-state index is 0.229. The highest BCUT2D eigenvalue weighted by molar-refractivity contribution is 5.89.